The Morgan fingerprint density at radius 1 is 1.12 bits per heavy atom. The van der Waals surface area contributed by atoms with Crippen molar-refractivity contribution in [2.45, 2.75) is 26.7 Å². The molecule has 132 valence electrons. The Morgan fingerprint density at radius 2 is 1.84 bits per heavy atom. The number of ether oxygens (including phenoxy) is 1. The number of amides is 1. The lowest BCUT2D eigenvalue weighted by atomic mass is 10.1. The second-order valence-electron chi connectivity index (χ2n) is 5.67. The molecule has 0 spiro atoms. The van der Waals surface area contributed by atoms with E-state index in [0.717, 1.165) is 18.4 Å². The summed E-state index contributed by atoms with van der Waals surface area (Å²) in [4.78, 5) is 34.7. The van der Waals surface area contributed by atoms with Gasteiger partial charge in [0.25, 0.3) is 0 Å². The Labute approximate surface area is 146 Å². The van der Waals surface area contributed by atoms with Crippen LogP contribution in [0.3, 0.4) is 0 Å². The molecule has 0 aliphatic carbocycles. The van der Waals surface area contributed by atoms with Crippen LogP contribution >= 0.6 is 0 Å². The van der Waals surface area contributed by atoms with Gasteiger partial charge in [0.15, 0.2) is 12.4 Å². The highest BCUT2D eigenvalue weighted by Gasteiger charge is 2.15. The van der Waals surface area contributed by atoms with Gasteiger partial charge in [-0.1, -0.05) is 24.3 Å². The number of benzene rings is 1. The minimum absolute atomic E-state index is 0.0406. The molecule has 0 bridgehead atoms. The molecule has 0 atom stereocenters. The Bertz CT molecular complexity index is 745. The molecule has 0 radical (unpaired) electrons. The maximum Gasteiger partial charge on any atom is 0.342 e. The van der Waals surface area contributed by atoms with E-state index in [4.69, 9.17) is 9.15 Å². The minimum atomic E-state index is -0.575. The number of hydrogen-bond donors (Lipinski definition) is 1. The van der Waals surface area contributed by atoms with Gasteiger partial charge in [-0.3, -0.25) is 9.59 Å². The Balaban J connectivity index is 1.81. The second kappa shape index (κ2) is 8.82. The molecule has 0 saturated heterocycles. The van der Waals surface area contributed by atoms with Crippen LogP contribution in [0.5, 0.6) is 0 Å². The van der Waals surface area contributed by atoms with Crippen LogP contribution in [0, 0.1) is 6.92 Å². The van der Waals surface area contributed by atoms with Gasteiger partial charge in [0.05, 0.1) is 6.26 Å². The molecule has 0 saturated carbocycles. The Kier molecular flexibility index (Phi) is 6.51. The number of nitrogens with one attached hydrogen (secondary N) is 1. The quantitative estimate of drug-likeness (QED) is 0.452. The zero-order valence-corrected chi connectivity index (χ0v) is 14.3. The zero-order chi connectivity index (χ0) is 18.2. The molecular formula is C19H21NO5. The first-order valence-corrected chi connectivity index (χ1v) is 8.05. The van der Waals surface area contributed by atoms with E-state index >= 15 is 0 Å². The molecular weight excluding hydrogens is 322 g/mol. The molecule has 1 heterocycles. The van der Waals surface area contributed by atoms with Gasteiger partial charge < -0.3 is 14.5 Å². The number of carbonyl (C=O) groups excluding carboxylic acids is 3. The van der Waals surface area contributed by atoms with Crippen LogP contribution in [0.4, 0.5) is 0 Å². The van der Waals surface area contributed by atoms with Crippen molar-refractivity contribution in [1.29, 1.82) is 0 Å². The second-order valence-corrected chi connectivity index (χ2v) is 5.67. The molecule has 1 aromatic heterocycles. The number of esters is 1. The van der Waals surface area contributed by atoms with E-state index in [1.165, 1.54) is 19.3 Å². The Hall–Kier alpha value is -2.89. The molecule has 0 fully saturated rings. The third-order valence-electron chi connectivity index (χ3n) is 3.71. The molecule has 0 unspecified atom stereocenters. The van der Waals surface area contributed by atoms with Gasteiger partial charge in [0.1, 0.15) is 11.3 Å². The predicted molar refractivity (Wildman–Crippen MR) is 91.5 cm³/mol. The van der Waals surface area contributed by atoms with Crippen molar-refractivity contribution in [3.8, 4) is 0 Å². The molecule has 6 nitrogen and oxygen atoms in total. The summed E-state index contributed by atoms with van der Waals surface area (Å²) < 4.78 is 10.1. The van der Waals surface area contributed by atoms with E-state index in [9.17, 15) is 14.4 Å². The number of hydrogen-bond acceptors (Lipinski definition) is 5. The van der Waals surface area contributed by atoms with E-state index in [2.05, 4.69) is 5.32 Å². The van der Waals surface area contributed by atoms with Crippen LogP contribution in [0.15, 0.2) is 41.0 Å². The van der Waals surface area contributed by atoms with E-state index in [0.29, 0.717) is 23.4 Å². The molecule has 1 N–H and O–H groups in total. The van der Waals surface area contributed by atoms with Gasteiger partial charge in [-0.15, -0.1) is 0 Å². The van der Waals surface area contributed by atoms with Gasteiger partial charge in [-0.25, -0.2) is 4.79 Å². The average Bonchev–Trinajstić information content (AvgIpc) is 3.03. The third-order valence-corrected chi connectivity index (χ3v) is 3.71. The molecule has 6 heteroatoms. The fourth-order valence-electron chi connectivity index (χ4n) is 2.30. The molecule has 25 heavy (non-hydrogen) atoms. The number of furan rings is 1. The lowest BCUT2D eigenvalue weighted by Crippen LogP contribution is -2.21. The van der Waals surface area contributed by atoms with Gasteiger partial charge >= 0.3 is 5.97 Å². The van der Waals surface area contributed by atoms with Crippen LogP contribution in [-0.2, 0) is 16.0 Å². The molecule has 0 aliphatic rings. The predicted octanol–water partition coefficient (Wildman–Crippen LogP) is 2.70. The maximum absolute atomic E-state index is 12.1. The number of Topliss-reactive ketones (excluding diaryl/α,β-unsaturated/α-hetero) is 1. The van der Waals surface area contributed by atoms with Crippen molar-refractivity contribution in [3.05, 3.63) is 59.0 Å². The average molecular weight is 343 g/mol. The van der Waals surface area contributed by atoms with E-state index in [1.54, 1.807) is 19.1 Å². The van der Waals surface area contributed by atoms with Gasteiger partial charge in [-0.05, 0) is 31.4 Å². The van der Waals surface area contributed by atoms with Crippen LogP contribution < -0.4 is 5.32 Å². The Morgan fingerprint density at radius 3 is 2.44 bits per heavy atom. The summed E-state index contributed by atoms with van der Waals surface area (Å²) in [5.74, 6) is -0.421. The summed E-state index contributed by atoms with van der Waals surface area (Å²) in [5, 5.41) is 2.74. The van der Waals surface area contributed by atoms with Gasteiger partial charge in [0.2, 0.25) is 5.91 Å². The lowest BCUT2D eigenvalue weighted by molar-refractivity contribution is -0.118. The SMILES string of the molecule is CC(=O)NCCCc1ccc(C(=O)COC(=O)c2ccoc2C)cc1. The van der Waals surface area contributed by atoms with Crippen LogP contribution in [0.25, 0.3) is 0 Å². The zero-order valence-electron chi connectivity index (χ0n) is 14.3. The fourth-order valence-corrected chi connectivity index (χ4v) is 2.30. The number of aryl methyl sites for hydroxylation is 2. The molecule has 1 aromatic carbocycles. The third kappa shape index (κ3) is 5.60. The van der Waals surface area contributed by atoms with Crippen molar-refractivity contribution in [2.24, 2.45) is 0 Å². The fraction of sp³-hybridized carbons (Fsp3) is 0.316. The summed E-state index contributed by atoms with van der Waals surface area (Å²) in [6, 6.07) is 8.67. The molecule has 2 aromatic rings. The van der Waals surface area contributed by atoms with Crippen LogP contribution in [-0.4, -0.2) is 30.8 Å². The molecule has 0 aliphatic heterocycles. The summed E-state index contributed by atoms with van der Waals surface area (Å²) in [6.07, 6.45) is 3.04. The number of rotatable bonds is 8. The summed E-state index contributed by atoms with van der Waals surface area (Å²) >= 11 is 0. The number of carbonyl (C=O) groups is 3. The largest absolute Gasteiger partial charge is 0.469 e. The number of ketones is 1. The van der Waals surface area contributed by atoms with Crippen LogP contribution in [0.2, 0.25) is 0 Å². The molecule has 2 rings (SSSR count). The highest BCUT2D eigenvalue weighted by molar-refractivity contribution is 5.99. The van der Waals surface area contributed by atoms with Crippen LogP contribution in [0.1, 0.15) is 45.4 Å². The van der Waals surface area contributed by atoms with Crippen molar-refractivity contribution >= 4 is 17.7 Å². The van der Waals surface area contributed by atoms with Crippen molar-refractivity contribution < 1.29 is 23.5 Å². The van der Waals surface area contributed by atoms with E-state index < -0.39 is 5.97 Å². The molecule has 1 amide bonds. The van der Waals surface area contributed by atoms with Crippen molar-refractivity contribution in [2.75, 3.05) is 13.2 Å². The summed E-state index contributed by atoms with van der Waals surface area (Å²) in [6.45, 7) is 3.45. The van der Waals surface area contributed by atoms with Gasteiger partial charge in [-0.2, -0.15) is 0 Å². The highest BCUT2D eigenvalue weighted by atomic mass is 16.5. The first-order chi connectivity index (χ1) is 12.0. The van der Waals surface area contributed by atoms with Gasteiger partial charge in [0, 0.05) is 19.0 Å². The maximum atomic E-state index is 12.1. The van der Waals surface area contributed by atoms with Crippen molar-refractivity contribution in [3.63, 3.8) is 0 Å². The summed E-state index contributed by atoms with van der Waals surface area (Å²) in [5.41, 5.74) is 1.89. The summed E-state index contributed by atoms with van der Waals surface area (Å²) in [7, 11) is 0. The van der Waals surface area contributed by atoms with E-state index in [-0.39, 0.29) is 18.3 Å². The minimum Gasteiger partial charge on any atom is -0.469 e. The monoisotopic (exact) mass is 343 g/mol. The lowest BCUT2D eigenvalue weighted by Gasteiger charge is -2.06. The first kappa shape index (κ1) is 18.4. The van der Waals surface area contributed by atoms with Crippen molar-refractivity contribution in [1.82, 2.24) is 5.32 Å². The first-order valence-electron chi connectivity index (χ1n) is 8.05. The highest BCUT2D eigenvalue weighted by Crippen LogP contribution is 2.11. The van der Waals surface area contributed by atoms with E-state index in [1.807, 2.05) is 12.1 Å². The topological polar surface area (TPSA) is 85.6 Å². The normalized spacial score (nSPS) is 10.3. The smallest absolute Gasteiger partial charge is 0.342 e. The standard InChI is InChI=1S/C19H21NO5/c1-13-17(9-11-24-13)19(23)25-12-18(22)16-7-5-15(6-8-16)4-3-10-20-14(2)21/h5-9,11H,3-4,10,12H2,1-2H3,(H,20,21).